The third-order valence-electron chi connectivity index (χ3n) is 4.30. The van der Waals surface area contributed by atoms with Gasteiger partial charge in [0.05, 0.1) is 0 Å². The van der Waals surface area contributed by atoms with Crippen molar-refractivity contribution in [3.05, 3.63) is 71.0 Å². The zero-order valence-corrected chi connectivity index (χ0v) is 15.7. The molecule has 4 rings (SSSR count). The number of benzene rings is 2. The lowest BCUT2D eigenvalue weighted by molar-refractivity contribution is -0.0692. The van der Waals surface area contributed by atoms with E-state index >= 15 is 0 Å². The molecule has 0 saturated carbocycles. The first-order valence-electron chi connectivity index (χ1n) is 8.58. The van der Waals surface area contributed by atoms with E-state index in [1.165, 1.54) is 23.1 Å². The van der Waals surface area contributed by atoms with Crippen LogP contribution in [0.3, 0.4) is 0 Å². The lowest BCUT2D eigenvalue weighted by Gasteiger charge is -2.25. The minimum atomic E-state index is -3.21. The molecular formula is C19H13ClF4N4O2. The van der Waals surface area contributed by atoms with E-state index in [-0.39, 0.29) is 0 Å². The van der Waals surface area contributed by atoms with Crippen LogP contribution in [0.5, 0.6) is 11.5 Å². The Morgan fingerprint density at radius 1 is 0.967 bits per heavy atom. The third kappa shape index (κ3) is 4.18. The molecule has 1 aliphatic rings. The monoisotopic (exact) mass is 440 g/mol. The van der Waals surface area contributed by atoms with Crippen LogP contribution in [-0.2, 0) is 0 Å². The number of nitrogens with one attached hydrogen (secondary N) is 1. The van der Waals surface area contributed by atoms with Crippen LogP contribution < -0.4 is 14.8 Å². The fourth-order valence-electron chi connectivity index (χ4n) is 3.06. The van der Waals surface area contributed by atoms with Crippen molar-refractivity contribution >= 4 is 23.2 Å². The lowest BCUT2D eigenvalue weighted by atomic mass is 10.0. The Morgan fingerprint density at radius 2 is 1.67 bits per heavy atom. The number of hydrogen-bond acceptors (Lipinski definition) is 5. The highest BCUT2D eigenvalue weighted by Gasteiger charge is 2.25. The summed E-state index contributed by atoms with van der Waals surface area (Å²) >= 11 is 5.94. The van der Waals surface area contributed by atoms with Crippen molar-refractivity contribution < 1.29 is 27.0 Å². The van der Waals surface area contributed by atoms with Crippen LogP contribution in [0.4, 0.5) is 23.5 Å². The van der Waals surface area contributed by atoms with Gasteiger partial charge in [-0.05, 0) is 41.5 Å². The van der Waals surface area contributed by atoms with Crippen LogP contribution in [0, 0.1) is 0 Å². The molecule has 0 spiro atoms. The van der Waals surface area contributed by atoms with Gasteiger partial charge in [-0.1, -0.05) is 29.8 Å². The van der Waals surface area contributed by atoms with Gasteiger partial charge in [0.25, 0.3) is 0 Å². The van der Waals surface area contributed by atoms with Crippen molar-refractivity contribution in [2.45, 2.75) is 19.3 Å². The molecule has 11 heteroatoms. The van der Waals surface area contributed by atoms with Crippen molar-refractivity contribution in [3.63, 3.8) is 0 Å². The Kier molecular flexibility index (Phi) is 5.49. The summed E-state index contributed by atoms with van der Waals surface area (Å²) in [5.74, 6) is -0.593. The maximum atomic E-state index is 12.8. The Bertz CT molecular complexity index is 1070. The van der Waals surface area contributed by atoms with Gasteiger partial charge >= 0.3 is 13.2 Å². The predicted octanol–water partition coefficient (Wildman–Crippen LogP) is 5.19. The Labute approximate surface area is 172 Å². The second-order valence-corrected chi connectivity index (χ2v) is 6.58. The van der Waals surface area contributed by atoms with Crippen LogP contribution >= 0.6 is 11.6 Å². The molecule has 2 heterocycles. The molecule has 0 saturated heterocycles. The summed E-state index contributed by atoms with van der Waals surface area (Å²) in [5, 5.41) is 7.85. The molecule has 6 nitrogen and oxygen atoms in total. The summed E-state index contributed by atoms with van der Waals surface area (Å²) in [6.07, 6.45) is 3.12. The van der Waals surface area contributed by atoms with E-state index in [9.17, 15) is 17.6 Å². The minimum Gasteiger partial charge on any atom is -0.431 e. The molecule has 156 valence electrons. The van der Waals surface area contributed by atoms with Crippen LogP contribution in [-0.4, -0.2) is 28.0 Å². The van der Waals surface area contributed by atoms with Crippen LogP contribution in [0.25, 0.3) is 5.70 Å². The van der Waals surface area contributed by atoms with E-state index in [4.69, 9.17) is 11.6 Å². The number of allylic oxidation sites excluding steroid dienone is 1. The molecule has 0 radical (unpaired) electrons. The number of hydrogen-bond donors (Lipinski definition) is 1. The fourth-order valence-corrected chi connectivity index (χ4v) is 3.18. The summed E-state index contributed by atoms with van der Waals surface area (Å²) < 4.78 is 61.0. The van der Waals surface area contributed by atoms with Gasteiger partial charge < -0.3 is 14.8 Å². The number of aromatic nitrogens is 3. The van der Waals surface area contributed by atoms with E-state index < -0.39 is 30.8 Å². The topological polar surface area (TPSA) is 61.2 Å². The van der Waals surface area contributed by atoms with Crippen molar-refractivity contribution in [2.75, 3.05) is 5.32 Å². The molecule has 1 N–H and O–H groups in total. The van der Waals surface area contributed by atoms with Gasteiger partial charge in [-0.25, -0.2) is 4.68 Å². The number of alkyl halides is 4. The van der Waals surface area contributed by atoms with Gasteiger partial charge in [0, 0.05) is 10.7 Å². The fraction of sp³-hybridized carbons (Fsp3) is 0.158. The van der Waals surface area contributed by atoms with E-state index in [1.807, 2.05) is 0 Å². The molecule has 30 heavy (non-hydrogen) atoms. The first-order valence-corrected chi connectivity index (χ1v) is 8.96. The van der Waals surface area contributed by atoms with E-state index in [1.54, 1.807) is 30.3 Å². The minimum absolute atomic E-state index is 0.414. The molecule has 0 aliphatic carbocycles. The average molecular weight is 441 g/mol. The van der Waals surface area contributed by atoms with E-state index in [0.29, 0.717) is 22.2 Å². The summed E-state index contributed by atoms with van der Waals surface area (Å²) in [6.45, 7) is -6.40. The zero-order valence-electron chi connectivity index (χ0n) is 15.0. The molecule has 3 aromatic rings. The normalized spacial score (nSPS) is 15.6. The molecule has 1 aliphatic heterocycles. The summed E-state index contributed by atoms with van der Waals surface area (Å²) in [5.41, 5.74) is 1.94. The third-order valence-corrected chi connectivity index (χ3v) is 4.56. The number of fused-ring (bicyclic) bond motifs is 1. The summed E-state index contributed by atoms with van der Waals surface area (Å²) in [4.78, 5) is 4.15. The Morgan fingerprint density at radius 3 is 2.37 bits per heavy atom. The van der Waals surface area contributed by atoms with Crippen LogP contribution in [0.15, 0.2) is 54.9 Å². The first kappa shape index (κ1) is 20.0. The molecule has 0 amide bonds. The first-order chi connectivity index (χ1) is 14.4. The Balaban J connectivity index is 1.76. The quantitative estimate of drug-likeness (QED) is 0.534. The molecule has 2 aromatic carbocycles. The standard InChI is InChI=1S/C19H13ClF4N4O2/c20-12-4-1-10(2-5-12)13-8-14(28-19(27-13)25-9-26-28)11-3-6-15(29-17(21)22)16(7-11)30-18(23)24/h1-9,14,17-18H,(H,25,26,27). The highest BCUT2D eigenvalue weighted by molar-refractivity contribution is 6.30. The zero-order chi connectivity index (χ0) is 21.3. The second-order valence-electron chi connectivity index (χ2n) is 6.15. The molecule has 0 bridgehead atoms. The number of ether oxygens (including phenoxy) is 2. The van der Waals surface area contributed by atoms with Crippen molar-refractivity contribution in [3.8, 4) is 11.5 Å². The van der Waals surface area contributed by atoms with Gasteiger partial charge in [-0.2, -0.15) is 27.6 Å². The number of anilines is 1. The Hall–Kier alpha value is -3.27. The van der Waals surface area contributed by atoms with Gasteiger partial charge in [0.1, 0.15) is 12.4 Å². The van der Waals surface area contributed by atoms with Gasteiger partial charge in [0.2, 0.25) is 5.95 Å². The van der Waals surface area contributed by atoms with Gasteiger partial charge in [-0.15, -0.1) is 0 Å². The molecule has 0 fully saturated rings. The van der Waals surface area contributed by atoms with Crippen molar-refractivity contribution in [1.29, 1.82) is 0 Å². The van der Waals surface area contributed by atoms with E-state index in [2.05, 4.69) is 24.9 Å². The highest BCUT2D eigenvalue weighted by atomic mass is 35.5. The average Bonchev–Trinajstić information content (AvgIpc) is 3.17. The number of nitrogens with zero attached hydrogens (tertiary/aromatic N) is 3. The second kappa shape index (κ2) is 8.23. The predicted molar refractivity (Wildman–Crippen MR) is 101 cm³/mol. The van der Waals surface area contributed by atoms with Gasteiger partial charge in [-0.3, -0.25) is 0 Å². The maximum Gasteiger partial charge on any atom is 0.387 e. The lowest BCUT2D eigenvalue weighted by Crippen LogP contribution is -2.20. The molecular weight excluding hydrogens is 428 g/mol. The SMILES string of the molecule is FC(F)Oc1ccc(C2C=C(c3ccc(Cl)cc3)Nc3ncnn32)cc1OC(F)F. The maximum absolute atomic E-state index is 12.8. The molecule has 1 atom stereocenters. The van der Waals surface area contributed by atoms with Crippen LogP contribution in [0.2, 0.25) is 5.02 Å². The number of halogens is 5. The number of rotatable bonds is 6. The smallest absolute Gasteiger partial charge is 0.387 e. The summed E-state index contributed by atoms with van der Waals surface area (Å²) in [6, 6.07) is 10.3. The van der Waals surface area contributed by atoms with Crippen molar-refractivity contribution in [1.82, 2.24) is 14.8 Å². The molecule has 1 unspecified atom stereocenters. The highest BCUT2D eigenvalue weighted by Crippen LogP contribution is 2.37. The molecule has 1 aromatic heterocycles. The van der Waals surface area contributed by atoms with Crippen molar-refractivity contribution in [2.24, 2.45) is 0 Å². The van der Waals surface area contributed by atoms with E-state index in [0.717, 1.165) is 11.6 Å². The van der Waals surface area contributed by atoms with Gasteiger partial charge in [0.15, 0.2) is 11.5 Å². The van der Waals surface area contributed by atoms with Crippen LogP contribution in [0.1, 0.15) is 17.2 Å². The largest absolute Gasteiger partial charge is 0.431 e. The summed E-state index contributed by atoms with van der Waals surface area (Å²) in [7, 11) is 0.